The van der Waals surface area contributed by atoms with Crippen LogP contribution in [0.3, 0.4) is 0 Å². The number of carboxylic acid groups (broad SMARTS) is 3. The number of rotatable bonds is 5. The fraction of sp³-hybridized carbons (Fsp3) is 0.519. The van der Waals surface area contributed by atoms with Crippen molar-refractivity contribution in [1.29, 1.82) is 0 Å². The van der Waals surface area contributed by atoms with Crippen molar-refractivity contribution in [1.82, 2.24) is 19.5 Å². The summed E-state index contributed by atoms with van der Waals surface area (Å²) in [4.78, 5) is 53.8. The molecule has 1 fully saturated rings. The maximum absolute atomic E-state index is 13.4. The molecular weight excluding hydrogens is 693 g/mol. The molecule has 0 saturated heterocycles. The summed E-state index contributed by atoms with van der Waals surface area (Å²) in [6.07, 6.45) is -8.69. The Kier molecular flexibility index (Phi) is 15.2. The first-order valence-corrected chi connectivity index (χ1v) is 13.9. The summed E-state index contributed by atoms with van der Waals surface area (Å²) in [7, 11) is 0. The Hall–Kier alpha value is -4.76. The van der Waals surface area contributed by atoms with E-state index in [1.807, 2.05) is 19.1 Å². The Bertz CT molecular complexity index is 1600. The second-order valence-corrected chi connectivity index (χ2v) is 10.1. The van der Waals surface area contributed by atoms with Crippen LogP contribution < -0.4 is 10.9 Å². The number of aryl methyl sites for hydroxylation is 1. The number of hydrogen-bond donors (Lipinski definition) is 5. The number of pyridine rings is 2. The highest BCUT2D eigenvalue weighted by molar-refractivity contribution is 6.02. The van der Waals surface area contributed by atoms with Crippen molar-refractivity contribution >= 4 is 45.8 Å². The van der Waals surface area contributed by atoms with Gasteiger partial charge in [-0.3, -0.25) is 9.36 Å². The molecular formula is C27H30F9N5O8. The molecule has 1 aliphatic carbocycles. The Balaban J connectivity index is 0.000000467. The van der Waals surface area contributed by atoms with E-state index in [9.17, 15) is 49.4 Å². The molecule has 274 valence electrons. The van der Waals surface area contributed by atoms with E-state index in [2.05, 4.69) is 22.2 Å². The highest BCUT2D eigenvalue weighted by atomic mass is 19.4. The summed E-state index contributed by atoms with van der Waals surface area (Å²) < 4.78 is 97.0. The third kappa shape index (κ3) is 13.3. The van der Waals surface area contributed by atoms with E-state index in [0.717, 1.165) is 48.7 Å². The molecule has 49 heavy (non-hydrogen) atoms. The maximum atomic E-state index is 13.4. The Labute approximate surface area is 269 Å². The molecule has 0 unspecified atom stereocenters. The van der Waals surface area contributed by atoms with Crippen molar-refractivity contribution in [3.63, 3.8) is 0 Å². The zero-order valence-corrected chi connectivity index (χ0v) is 25.4. The van der Waals surface area contributed by atoms with Crippen LogP contribution in [-0.2, 0) is 14.4 Å². The molecule has 3 aromatic rings. The quantitative estimate of drug-likeness (QED) is 0.130. The van der Waals surface area contributed by atoms with Crippen molar-refractivity contribution in [3.8, 4) is 0 Å². The zero-order valence-electron chi connectivity index (χ0n) is 25.4. The number of aliphatic carboxylic acids is 3. The van der Waals surface area contributed by atoms with Gasteiger partial charge in [-0.15, -0.1) is 0 Å². The van der Waals surface area contributed by atoms with Crippen molar-refractivity contribution in [3.05, 3.63) is 34.4 Å². The lowest BCUT2D eigenvalue weighted by Gasteiger charge is -2.28. The molecule has 1 saturated carbocycles. The van der Waals surface area contributed by atoms with Crippen LogP contribution in [0.25, 0.3) is 21.9 Å². The summed E-state index contributed by atoms with van der Waals surface area (Å²) >= 11 is 0. The molecule has 0 atom stereocenters. The molecule has 0 radical (unpaired) electrons. The van der Waals surface area contributed by atoms with Crippen LogP contribution in [0.1, 0.15) is 57.2 Å². The van der Waals surface area contributed by atoms with Crippen molar-refractivity contribution in [2.24, 2.45) is 0 Å². The molecule has 3 aromatic heterocycles. The smallest absolute Gasteiger partial charge is 0.475 e. The first-order chi connectivity index (χ1) is 22.4. The zero-order chi connectivity index (χ0) is 37.9. The first kappa shape index (κ1) is 42.3. The fourth-order valence-corrected chi connectivity index (χ4v) is 4.01. The first-order valence-electron chi connectivity index (χ1n) is 13.9. The van der Waals surface area contributed by atoms with E-state index in [1.165, 1.54) is 0 Å². The monoisotopic (exact) mass is 723 g/mol. The Morgan fingerprint density at radius 2 is 1.31 bits per heavy atom. The normalized spacial score (nSPS) is 16.2. The van der Waals surface area contributed by atoms with E-state index >= 15 is 0 Å². The number of anilines is 1. The number of nitrogens with one attached hydrogen (secondary N) is 1. The number of halogens is 9. The minimum Gasteiger partial charge on any atom is -0.475 e. The molecule has 3 heterocycles. The number of carboxylic acids is 3. The van der Waals surface area contributed by atoms with Gasteiger partial charge in [-0.2, -0.15) is 44.5 Å². The molecule has 0 aromatic carbocycles. The number of fused-ring (bicyclic) bond motifs is 3. The van der Waals surface area contributed by atoms with Crippen molar-refractivity contribution < 1.29 is 74.3 Å². The molecule has 5 N–H and O–H groups in total. The van der Waals surface area contributed by atoms with E-state index in [4.69, 9.17) is 34.7 Å². The highest BCUT2D eigenvalue weighted by Crippen LogP contribution is 2.31. The van der Waals surface area contributed by atoms with Crippen LogP contribution in [0, 0.1) is 6.92 Å². The maximum Gasteiger partial charge on any atom is 0.490 e. The minimum atomic E-state index is -5.08. The Morgan fingerprint density at radius 3 is 1.73 bits per heavy atom. The van der Waals surface area contributed by atoms with Crippen LogP contribution in [0.5, 0.6) is 0 Å². The summed E-state index contributed by atoms with van der Waals surface area (Å²) in [6.45, 7) is 4.83. The van der Waals surface area contributed by atoms with E-state index in [1.54, 1.807) is 10.8 Å². The van der Waals surface area contributed by atoms with Gasteiger partial charge in [0.2, 0.25) is 5.95 Å². The number of alkyl halides is 9. The molecule has 4 rings (SSSR count). The van der Waals surface area contributed by atoms with Gasteiger partial charge in [-0.1, -0.05) is 19.4 Å². The average Bonchev–Trinajstić information content (AvgIpc) is 2.98. The molecule has 0 spiro atoms. The third-order valence-electron chi connectivity index (χ3n) is 6.32. The third-order valence-corrected chi connectivity index (χ3v) is 6.32. The van der Waals surface area contributed by atoms with E-state index < -0.39 is 36.4 Å². The van der Waals surface area contributed by atoms with Gasteiger partial charge >= 0.3 is 36.4 Å². The van der Waals surface area contributed by atoms with Crippen molar-refractivity contribution in [2.45, 2.75) is 83.0 Å². The lowest BCUT2D eigenvalue weighted by atomic mass is 9.92. The topological polar surface area (TPSA) is 205 Å². The summed E-state index contributed by atoms with van der Waals surface area (Å²) in [5, 5.41) is 36.2. The number of carbonyl (C=O) groups is 3. The van der Waals surface area contributed by atoms with Crippen LogP contribution in [0.4, 0.5) is 45.5 Å². The summed E-state index contributed by atoms with van der Waals surface area (Å²) in [6, 6.07) is 3.86. The molecule has 1 aliphatic rings. The largest absolute Gasteiger partial charge is 0.490 e. The van der Waals surface area contributed by atoms with Gasteiger partial charge in [0.05, 0.1) is 6.10 Å². The highest BCUT2D eigenvalue weighted by Gasteiger charge is 2.39. The van der Waals surface area contributed by atoms with Crippen molar-refractivity contribution in [2.75, 3.05) is 11.9 Å². The fourth-order valence-electron chi connectivity index (χ4n) is 4.01. The average molecular weight is 724 g/mol. The standard InChI is InChI=1S/C21H27N5O2.3C2HF3O2/c1-3-4-11-22-21-23-12-17-16-10-5-13(2)24-18(16)20(28)26(19(17)25-21)14-6-8-15(27)9-7-14;3*3-2(4,5)1(6)7/h5,10,12,14-15,27H,3-4,6-9,11H2,1-2H3,(H,22,23,25);3*(H,6,7)/t14-,15-;;;. The molecule has 0 aliphatic heterocycles. The van der Waals surface area contributed by atoms with Gasteiger partial charge in [-0.05, 0) is 45.1 Å². The van der Waals surface area contributed by atoms with Crippen LogP contribution >= 0.6 is 0 Å². The molecule has 13 nitrogen and oxygen atoms in total. The van der Waals surface area contributed by atoms with Gasteiger partial charge in [-0.25, -0.2) is 24.4 Å². The molecule has 22 heteroatoms. The second-order valence-electron chi connectivity index (χ2n) is 10.1. The second kappa shape index (κ2) is 17.6. The van der Waals surface area contributed by atoms with Gasteiger partial charge in [0.1, 0.15) is 11.2 Å². The number of aliphatic hydroxyl groups is 1. The van der Waals surface area contributed by atoms with Gasteiger partial charge in [0.25, 0.3) is 5.56 Å². The SMILES string of the molecule is CCCCNc1ncc2c3ccc(C)nc3c(=O)n([C@H]3CC[C@H](O)CC3)c2n1.O=C(O)C(F)(F)F.O=C(O)C(F)(F)F.O=C(O)C(F)(F)F. The molecule has 0 amide bonds. The predicted molar refractivity (Wildman–Crippen MR) is 152 cm³/mol. The van der Waals surface area contributed by atoms with Gasteiger partial charge < -0.3 is 25.7 Å². The van der Waals surface area contributed by atoms with Gasteiger partial charge in [0, 0.05) is 35.2 Å². The Morgan fingerprint density at radius 1 is 0.837 bits per heavy atom. The predicted octanol–water partition coefficient (Wildman–Crippen LogP) is 5.24. The summed E-state index contributed by atoms with van der Waals surface area (Å²) in [5.74, 6) is -7.73. The minimum absolute atomic E-state index is 0.0171. The lowest BCUT2D eigenvalue weighted by Crippen LogP contribution is -2.31. The number of unbranched alkanes of at least 4 members (excludes halogenated alkanes) is 1. The number of hydrogen-bond acceptors (Lipinski definition) is 9. The van der Waals surface area contributed by atoms with Crippen LogP contribution in [0.2, 0.25) is 0 Å². The van der Waals surface area contributed by atoms with E-state index in [0.29, 0.717) is 30.0 Å². The number of aromatic nitrogens is 4. The van der Waals surface area contributed by atoms with Crippen LogP contribution in [0.15, 0.2) is 23.1 Å². The van der Waals surface area contributed by atoms with Gasteiger partial charge in [0.15, 0.2) is 0 Å². The number of aliphatic hydroxyl groups excluding tert-OH is 1. The lowest BCUT2D eigenvalue weighted by molar-refractivity contribution is -0.193. The summed E-state index contributed by atoms with van der Waals surface area (Å²) in [5.41, 5.74) is 1.83. The number of nitrogens with zero attached hydrogens (tertiary/aromatic N) is 4. The molecule has 0 bridgehead atoms. The van der Waals surface area contributed by atoms with E-state index in [-0.39, 0.29) is 17.7 Å². The van der Waals surface area contributed by atoms with Crippen LogP contribution in [-0.4, -0.2) is 89.0 Å².